The maximum Gasteiger partial charge on any atom is 0.264 e. The smallest absolute Gasteiger partial charge is 0.264 e. The Kier molecular flexibility index (Phi) is 8.31. The summed E-state index contributed by atoms with van der Waals surface area (Å²) < 4.78 is 36.2. The SMILES string of the molecule is Cc1cccc(C)c1-c1cc2nc(n1)NS(=O)(=O)c1cccc(c1)C(=O)N(Cc1ncc(N3CCC(C)(C)C3)cn1)[C@H](CC1CC1)CO2. The molecule has 2 aromatic heterocycles. The Labute approximate surface area is 281 Å². The number of fused-ring (bicyclic) bond motifs is 4. The Morgan fingerprint density at radius 2 is 1.73 bits per heavy atom. The number of sulfonamides is 1. The molecule has 4 aromatic rings. The van der Waals surface area contributed by atoms with Crippen molar-refractivity contribution in [3.63, 3.8) is 0 Å². The summed E-state index contributed by atoms with van der Waals surface area (Å²) in [6, 6.07) is 13.4. The van der Waals surface area contributed by atoms with Crippen LogP contribution in [0.1, 0.15) is 66.8 Å². The molecule has 1 atom stereocenters. The maximum atomic E-state index is 14.4. The topological polar surface area (TPSA) is 131 Å². The van der Waals surface area contributed by atoms with Crippen molar-refractivity contribution in [1.82, 2.24) is 24.8 Å². The summed E-state index contributed by atoms with van der Waals surface area (Å²) in [6.45, 7) is 10.7. The van der Waals surface area contributed by atoms with Crippen molar-refractivity contribution in [3.8, 4) is 17.1 Å². The van der Waals surface area contributed by atoms with Crippen LogP contribution in [0.4, 0.5) is 11.6 Å². The fourth-order valence-electron chi connectivity index (χ4n) is 6.68. The quantitative estimate of drug-likeness (QED) is 0.272. The highest BCUT2D eigenvalue weighted by Gasteiger charge is 2.34. The third-order valence-electron chi connectivity index (χ3n) is 9.53. The van der Waals surface area contributed by atoms with Gasteiger partial charge in [-0.2, -0.15) is 4.98 Å². The van der Waals surface area contributed by atoms with Crippen molar-refractivity contribution in [2.45, 2.75) is 70.9 Å². The number of anilines is 2. The summed E-state index contributed by atoms with van der Waals surface area (Å²) in [5.41, 5.74) is 4.84. The number of nitrogens with zero attached hydrogens (tertiary/aromatic N) is 6. The number of benzene rings is 2. The molecule has 1 aliphatic carbocycles. The monoisotopic (exact) mass is 667 g/mol. The average Bonchev–Trinajstić information content (AvgIpc) is 3.80. The molecule has 0 unspecified atom stereocenters. The number of carbonyl (C=O) groups is 1. The Hall–Kier alpha value is -4.58. The van der Waals surface area contributed by atoms with Gasteiger partial charge in [0.1, 0.15) is 12.4 Å². The molecule has 2 fully saturated rings. The first-order chi connectivity index (χ1) is 22.9. The largest absolute Gasteiger partial charge is 0.475 e. The molecule has 7 rings (SSSR count). The Bertz CT molecular complexity index is 1940. The number of aromatic nitrogens is 4. The molecule has 11 nitrogen and oxygen atoms in total. The summed E-state index contributed by atoms with van der Waals surface area (Å²) in [5, 5.41) is 0. The van der Waals surface area contributed by atoms with Gasteiger partial charge in [0.2, 0.25) is 11.8 Å². The van der Waals surface area contributed by atoms with Gasteiger partial charge in [-0.05, 0) is 67.3 Å². The number of rotatable bonds is 6. The molecule has 12 heteroatoms. The van der Waals surface area contributed by atoms with Crippen LogP contribution in [-0.4, -0.2) is 64.9 Å². The summed E-state index contributed by atoms with van der Waals surface area (Å²) in [5.74, 6) is 0.762. The van der Waals surface area contributed by atoms with Crippen molar-refractivity contribution >= 4 is 27.6 Å². The minimum Gasteiger partial charge on any atom is -0.475 e. The van der Waals surface area contributed by atoms with Gasteiger partial charge >= 0.3 is 0 Å². The second kappa shape index (κ2) is 12.5. The van der Waals surface area contributed by atoms with E-state index in [9.17, 15) is 13.2 Å². The summed E-state index contributed by atoms with van der Waals surface area (Å²) in [6.07, 6.45) is 7.66. The molecule has 3 aliphatic rings. The van der Waals surface area contributed by atoms with Crippen LogP contribution >= 0.6 is 0 Å². The zero-order valence-electron chi connectivity index (χ0n) is 27.8. The van der Waals surface area contributed by atoms with Crippen LogP contribution in [0.15, 0.2) is 65.8 Å². The van der Waals surface area contributed by atoms with Gasteiger partial charge in [-0.25, -0.2) is 28.1 Å². The van der Waals surface area contributed by atoms with Gasteiger partial charge in [0.15, 0.2) is 0 Å². The van der Waals surface area contributed by atoms with E-state index in [0.717, 1.165) is 61.2 Å². The van der Waals surface area contributed by atoms with Crippen molar-refractivity contribution in [3.05, 3.63) is 83.4 Å². The molecule has 1 saturated heterocycles. The standard InChI is InChI=1S/C36H41N7O4S/c1-23-7-5-8-24(2)33(23)30-17-32-40-35(39-30)41-48(45,46)29-10-6-9-26(16-29)34(44)43(27(21-47-32)15-25-11-12-25)20-31-37-18-28(19-38-31)42-14-13-36(3,4)22-42/h5-10,16-19,25,27H,11-15,20-22H2,1-4H3,(H,39,40,41)/t27-/m1/s1. The zero-order chi connectivity index (χ0) is 33.6. The molecular weight excluding hydrogens is 627 g/mol. The van der Waals surface area contributed by atoms with Gasteiger partial charge in [0.05, 0.1) is 41.3 Å². The molecule has 1 N–H and O–H groups in total. The predicted molar refractivity (Wildman–Crippen MR) is 183 cm³/mol. The highest BCUT2D eigenvalue weighted by Crippen LogP contribution is 2.37. The minimum absolute atomic E-state index is 0.0658. The minimum atomic E-state index is -4.15. The van der Waals surface area contributed by atoms with E-state index in [1.165, 1.54) is 12.1 Å². The number of aryl methyl sites for hydroxylation is 2. The van der Waals surface area contributed by atoms with E-state index >= 15 is 0 Å². The fraction of sp³-hybridized carbons (Fsp3) is 0.417. The second-order valence-electron chi connectivity index (χ2n) is 14.1. The van der Waals surface area contributed by atoms with E-state index in [4.69, 9.17) is 14.7 Å². The van der Waals surface area contributed by atoms with Crippen molar-refractivity contribution in [2.24, 2.45) is 11.3 Å². The summed E-state index contributed by atoms with van der Waals surface area (Å²) in [4.78, 5) is 36.8. The number of hydrogen-bond acceptors (Lipinski definition) is 9. The van der Waals surface area contributed by atoms with Crippen LogP contribution < -0.4 is 14.4 Å². The van der Waals surface area contributed by atoms with E-state index in [0.29, 0.717) is 17.4 Å². The van der Waals surface area contributed by atoms with E-state index in [1.54, 1.807) is 23.1 Å². The third-order valence-corrected chi connectivity index (χ3v) is 10.9. The van der Waals surface area contributed by atoms with E-state index in [2.05, 4.69) is 33.4 Å². The summed E-state index contributed by atoms with van der Waals surface area (Å²) in [7, 11) is -4.15. The first kappa shape index (κ1) is 32.0. The lowest BCUT2D eigenvalue weighted by molar-refractivity contribution is 0.0557. The van der Waals surface area contributed by atoms with Crippen LogP contribution in [-0.2, 0) is 16.6 Å². The van der Waals surface area contributed by atoms with Crippen LogP contribution in [0.25, 0.3) is 11.3 Å². The van der Waals surface area contributed by atoms with Gasteiger partial charge in [-0.3, -0.25) is 4.79 Å². The van der Waals surface area contributed by atoms with Gasteiger partial charge in [-0.15, -0.1) is 0 Å². The predicted octanol–water partition coefficient (Wildman–Crippen LogP) is 5.79. The zero-order valence-corrected chi connectivity index (χ0v) is 28.6. The van der Waals surface area contributed by atoms with E-state index in [-0.39, 0.29) is 52.8 Å². The number of nitrogens with one attached hydrogen (secondary N) is 1. The third kappa shape index (κ3) is 6.85. The first-order valence-electron chi connectivity index (χ1n) is 16.5. The Morgan fingerprint density at radius 1 is 1.00 bits per heavy atom. The molecule has 4 heterocycles. The molecule has 48 heavy (non-hydrogen) atoms. The lowest BCUT2D eigenvalue weighted by Crippen LogP contribution is -2.44. The highest BCUT2D eigenvalue weighted by molar-refractivity contribution is 7.92. The summed E-state index contributed by atoms with van der Waals surface area (Å²) >= 11 is 0. The van der Waals surface area contributed by atoms with E-state index in [1.807, 2.05) is 44.4 Å². The molecule has 2 aliphatic heterocycles. The molecule has 0 spiro atoms. The second-order valence-corrected chi connectivity index (χ2v) is 15.8. The van der Waals surface area contributed by atoms with E-state index < -0.39 is 10.0 Å². The van der Waals surface area contributed by atoms with Crippen molar-refractivity contribution < 1.29 is 17.9 Å². The average molecular weight is 668 g/mol. The lowest BCUT2D eigenvalue weighted by Gasteiger charge is -2.31. The highest BCUT2D eigenvalue weighted by atomic mass is 32.2. The van der Waals surface area contributed by atoms with Crippen LogP contribution in [0.2, 0.25) is 0 Å². The van der Waals surface area contributed by atoms with Crippen molar-refractivity contribution in [2.75, 3.05) is 29.3 Å². The maximum absolute atomic E-state index is 14.4. The molecule has 0 radical (unpaired) electrons. The Morgan fingerprint density at radius 3 is 2.42 bits per heavy atom. The normalized spacial score (nSPS) is 20.2. The number of carbonyl (C=O) groups excluding carboxylic acids is 1. The van der Waals surface area contributed by atoms with Crippen LogP contribution in [0.5, 0.6) is 5.88 Å². The molecule has 1 saturated carbocycles. The number of ether oxygens (including phenoxy) is 1. The molecule has 2 aromatic carbocycles. The Balaban J connectivity index is 1.28. The fourth-order valence-corrected chi connectivity index (χ4v) is 7.67. The molecule has 1 amide bonds. The molecular formula is C36H41N7O4S. The van der Waals surface area contributed by atoms with Gasteiger partial charge in [0, 0.05) is 30.3 Å². The lowest BCUT2D eigenvalue weighted by atomic mass is 9.93. The molecule has 250 valence electrons. The van der Waals surface area contributed by atoms with Crippen molar-refractivity contribution in [1.29, 1.82) is 0 Å². The van der Waals surface area contributed by atoms with Crippen LogP contribution in [0, 0.1) is 25.2 Å². The first-order valence-corrected chi connectivity index (χ1v) is 18.0. The van der Waals surface area contributed by atoms with Crippen LogP contribution in [0.3, 0.4) is 0 Å². The van der Waals surface area contributed by atoms with Gasteiger partial charge in [-0.1, -0.05) is 51.0 Å². The van der Waals surface area contributed by atoms with Gasteiger partial charge < -0.3 is 14.5 Å². The van der Waals surface area contributed by atoms with Gasteiger partial charge in [0.25, 0.3) is 15.9 Å². The molecule has 4 bridgehead atoms. The number of hydrogen-bond donors (Lipinski definition) is 1. The number of amides is 1.